The van der Waals surface area contributed by atoms with E-state index in [0.29, 0.717) is 5.56 Å². The molecule has 0 amide bonds. The predicted octanol–water partition coefficient (Wildman–Crippen LogP) is 4.83. The first-order valence-electron chi connectivity index (χ1n) is 7.25. The van der Waals surface area contributed by atoms with Crippen LogP contribution in [-0.4, -0.2) is 24.7 Å². The van der Waals surface area contributed by atoms with Crippen LogP contribution in [0.25, 0.3) is 0 Å². The molecule has 0 radical (unpaired) electrons. The Labute approximate surface area is 173 Å². The van der Waals surface area contributed by atoms with E-state index >= 15 is 0 Å². The van der Waals surface area contributed by atoms with Crippen molar-refractivity contribution in [1.29, 1.82) is 0 Å². The number of benzene rings is 1. The lowest BCUT2D eigenvalue weighted by atomic mass is 9.71. The second-order valence-corrected chi connectivity index (χ2v) is 10.1. The molecule has 3 nitrogen and oxygen atoms in total. The average molecular weight is 639 g/mol. The minimum Gasteiger partial charge on any atom is -0.455 e. The summed E-state index contributed by atoms with van der Waals surface area (Å²) in [6.07, 6.45) is 1.72. The molecule has 2 rings (SSSR count). The molecule has 1 aromatic carbocycles. The highest BCUT2D eigenvalue weighted by molar-refractivity contribution is 14.1. The average Bonchev–Trinajstić information content (AvgIpc) is 2.42. The molecule has 1 aliphatic heterocycles. The first kappa shape index (κ1) is 19.2. The van der Waals surface area contributed by atoms with Crippen molar-refractivity contribution >= 4 is 73.7 Å². The number of ether oxygens (including phenoxy) is 1. The van der Waals surface area contributed by atoms with Gasteiger partial charge in [-0.05, 0) is 93.0 Å². The molecule has 0 saturated carbocycles. The maximum atomic E-state index is 12.8. The molecule has 0 aliphatic carbocycles. The Morgan fingerprint density at radius 1 is 1.18 bits per heavy atom. The second-order valence-electron chi connectivity index (χ2n) is 6.63. The molecule has 0 atom stereocenters. The van der Waals surface area contributed by atoms with Gasteiger partial charge in [0.05, 0.1) is 5.56 Å². The molecule has 122 valence electrons. The van der Waals surface area contributed by atoms with Crippen molar-refractivity contribution in [3.8, 4) is 0 Å². The van der Waals surface area contributed by atoms with Gasteiger partial charge in [-0.3, -0.25) is 0 Å². The molecule has 6 heteroatoms. The number of halogens is 3. The Kier molecular flexibility index (Phi) is 6.43. The van der Waals surface area contributed by atoms with Crippen molar-refractivity contribution in [2.45, 2.75) is 39.2 Å². The van der Waals surface area contributed by atoms with Crippen LogP contribution in [0, 0.1) is 16.1 Å². The quantitative estimate of drug-likeness (QED) is 0.287. The zero-order valence-electron chi connectivity index (χ0n) is 12.9. The lowest BCUT2D eigenvalue weighted by Crippen LogP contribution is -2.53. The summed E-state index contributed by atoms with van der Waals surface area (Å²) >= 11 is 6.75. The fraction of sp³-hybridized carbons (Fsp3) is 0.562. The van der Waals surface area contributed by atoms with Gasteiger partial charge in [-0.15, -0.1) is 0 Å². The van der Waals surface area contributed by atoms with E-state index in [4.69, 9.17) is 4.74 Å². The third-order valence-electron chi connectivity index (χ3n) is 4.28. The van der Waals surface area contributed by atoms with Gasteiger partial charge in [-0.1, -0.05) is 20.8 Å². The zero-order valence-corrected chi connectivity index (χ0v) is 19.4. The van der Waals surface area contributed by atoms with Crippen molar-refractivity contribution in [3.63, 3.8) is 0 Å². The van der Waals surface area contributed by atoms with Gasteiger partial charge in [0.1, 0.15) is 5.60 Å². The summed E-state index contributed by atoms with van der Waals surface area (Å²) in [6, 6.07) is 3.99. The van der Waals surface area contributed by atoms with Gasteiger partial charge < -0.3 is 10.1 Å². The maximum Gasteiger partial charge on any atom is 0.339 e. The first-order chi connectivity index (χ1) is 10.2. The Balaban J connectivity index is 2.33. The normalized spacial score (nSPS) is 18.1. The number of piperidine rings is 1. The highest BCUT2D eigenvalue weighted by Gasteiger charge is 2.46. The number of rotatable bonds is 2. The Hall–Kier alpha value is 0.840. The minimum absolute atomic E-state index is 0.0781. The van der Waals surface area contributed by atoms with Gasteiger partial charge in [0, 0.05) is 29.0 Å². The Bertz CT molecular complexity index is 575. The van der Waals surface area contributed by atoms with Crippen LogP contribution in [0.1, 0.15) is 44.0 Å². The van der Waals surface area contributed by atoms with Crippen LogP contribution >= 0.6 is 67.8 Å². The number of carbonyl (C=O) groups is 1. The molecular formula is C16H20I3NO2. The number of carbonyl (C=O) groups excluding carboxylic acids is 1. The summed E-state index contributed by atoms with van der Waals surface area (Å²) < 4.78 is 9.25. The number of hydrogen-bond donors (Lipinski definition) is 1. The Morgan fingerprint density at radius 3 is 2.32 bits per heavy atom. The fourth-order valence-electron chi connectivity index (χ4n) is 2.77. The van der Waals surface area contributed by atoms with Crippen LogP contribution in [-0.2, 0) is 4.74 Å². The third kappa shape index (κ3) is 4.08. The van der Waals surface area contributed by atoms with Crippen molar-refractivity contribution < 1.29 is 9.53 Å². The third-order valence-corrected chi connectivity index (χ3v) is 7.95. The lowest BCUT2D eigenvalue weighted by molar-refractivity contribution is -0.0962. The molecule has 1 aliphatic rings. The van der Waals surface area contributed by atoms with E-state index in [1.165, 1.54) is 0 Å². The van der Waals surface area contributed by atoms with Gasteiger partial charge in [0.15, 0.2) is 0 Å². The second kappa shape index (κ2) is 7.38. The van der Waals surface area contributed by atoms with Crippen molar-refractivity contribution in [1.82, 2.24) is 5.32 Å². The fourth-order valence-corrected chi connectivity index (χ4v) is 5.15. The number of nitrogens with one attached hydrogen (secondary N) is 1. The monoisotopic (exact) mass is 639 g/mol. The highest BCUT2D eigenvalue weighted by atomic mass is 127. The van der Waals surface area contributed by atoms with Gasteiger partial charge in [0.25, 0.3) is 0 Å². The van der Waals surface area contributed by atoms with Gasteiger partial charge >= 0.3 is 5.97 Å². The summed E-state index contributed by atoms with van der Waals surface area (Å²) in [4.78, 5) is 12.8. The van der Waals surface area contributed by atoms with Crippen molar-refractivity contribution in [2.24, 2.45) is 5.41 Å². The molecule has 0 unspecified atom stereocenters. The zero-order chi connectivity index (χ0) is 16.5. The maximum absolute atomic E-state index is 12.8. The van der Waals surface area contributed by atoms with Crippen LogP contribution in [0.2, 0.25) is 0 Å². The van der Waals surface area contributed by atoms with Crippen LogP contribution in [0.4, 0.5) is 0 Å². The van der Waals surface area contributed by atoms with E-state index in [9.17, 15) is 4.79 Å². The molecule has 22 heavy (non-hydrogen) atoms. The molecule has 1 aromatic rings. The van der Waals surface area contributed by atoms with E-state index in [2.05, 4.69) is 99.9 Å². The van der Waals surface area contributed by atoms with Crippen LogP contribution in [0.3, 0.4) is 0 Å². The standard InChI is InChI=1S/C16H20I3NO2/c1-15(2,3)16(4-6-20-7-5-16)22-14(21)11-8-10(17)9-12(18)13(11)19/h8-9,20H,4-7H2,1-3H3. The van der Waals surface area contributed by atoms with Crippen LogP contribution < -0.4 is 5.32 Å². The van der Waals surface area contributed by atoms with Gasteiger partial charge in [-0.2, -0.15) is 0 Å². The van der Waals surface area contributed by atoms with Crippen molar-refractivity contribution in [2.75, 3.05) is 13.1 Å². The summed E-state index contributed by atoms with van der Waals surface area (Å²) in [5.74, 6) is -0.197. The minimum atomic E-state index is -0.398. The SMILES string of the molecule is CC(C)(C)C1(OC(=O)c2cc(I)cc(I)c2I)CCNCC1. The molecule has 0 bridgehead atoms. The summed E-state index contributed by atoms with van der Waals surface area (Å²) in [5, 5.41) is 3.36. The van der Waals surface area contributed by atoms with E-state index in [-0.39, 0.29) is 11.4 Å². The number of hydrogen-bond acceptors (Lipinski definition) is 3. The number of esters is 1. The molecule has 1 heterocycles. The smallest absolute Gasteiger partial charge is 0.339 e. The van der Waals surface area contributed by atoms with E-state index in [1.54, 1.807) is 0 Å². The van der Waals surface area contributed by atoms with Crippen LogP contribution in [0.15, 0.2) is 12.1 Å². The van der Waals surface area contributed by atoms with E-state index < -0.39 is 5.60 Å². The molecule has 0 spiro atoms. The molecule has 1 fully saturated rings. The van der Waals surface area contributed by atoms with Gasteiger partial charge in [-0.25, -0.2) is 4.79 Å². The molecular weight excluding hydrogens is 619 g/mol. The lowest BCUT2D eigenvalue weighted by Gasteiger charge is -2.46. The highest BCUT2D eigenvalue weighted by Crippen LogP contribution is 2.41. The molecule has 0 aromatic heterocycles. The topological polar surface area (TPSA) is 38.3 Å². The van der Waals surface area contributed by atoms with Crippen LogP contribution in [0.5, 0.6) is 0 Å². The van der Waals surface area contributed by atoms with Gasteiger partial charge in [0.2, 0.25) is 0 Å². The molecule has 1 saturated heterocycles. The summed E-state index contributed by atoms with van der Waals surface area (Å²) in [5.41, 5.74) is 0.204. The Morgan fingerprint density at radius 2 is 1.77 bits per heavy atom. The first-order valence-corrected chi connectivity index (χ1v) is 10.5. The van der Waals surface area contributed by atoms with E-state index in [0.717, 1.165) is 36.6 Å². The predicted molar refractivity (Wildman–Crippen MR) is 114 cm³/mol. The van der Waals surface area contributed by atoms with Crippen molar-refractivity contribution in [3.05, 3.63) is 28.4 Å². The largest absolute Gasteiger partial charge is 0.455 e. The summed E-state index contributed by atoms with van der Waals surface area (Å²) in [7, 11) is 0. The summed E-state index contributed by atoms with van der Waals surface area (Å²) in [6.45, 7) is 8.27. The molecule has 1 N–H and O–H groups in total. The van der Waals surface area contributed by atoms with E-state index in [1.807, 2.05) is 6.07 Å².